The number of esters is 1. The van der Waals surface area contributed by atoms with Gasteiger partial charge in [0.25, 0.3) is 0 Å². The molecular weight excluding hydrogens is 454 g/mol. The van der Waals surface area contributed by atoms with E-state index in [4.69, 9.17) is 4.55 Å². The van der Waals surface area contributed by atoms with Gasteiger partial charge in [0, 0.05) is 20.5 Å². The smallest absolute Gasteiger partial charge is 0.410 e. The molecule has 29 heavy (non-hydrogen) atoms. The van der Waals surface area contributed by atoms with E-state index in [2.05, 4.69) is 16.1 Å². The normalized spacial score (nSPS) is 15.4. The van der Waals surface area contributed by atoms with Crippen LogP contribution in [-0.2, 0) is 29.2 Å². The molecule has 0 saturated heterocycles. The lowest BCUT2D eigenvalue weighted by atomic mass is 10.2. The Hall–Kier alpha value is -2.01. The van der Waals surface area contributed by atoms with E-state index in [0.717, 1.165) is 0 Å². The topological polar surface area (TPSA) is 110 Å². The first-order chi connectivity index (χ1) is 12.6. The summed E-state index contributed by atoms with van der Waals surface area (Å²) in [6, 6.07) is 0. The summed E-state index contributed by atoms with van der Waals surface area (Å²) in [5.41, 5.74) is 0. The van der Waals surface area contributed by atoms with Crippen LogP contribution in [0.3, 0.4) is 0 Å². The molecular formula is C12H13F8NO7S. The monoisotopic (exact) mass is 467 g/mol. The highest BCUT2D eigenvalue weighted by Crippen LogP contribution is 2.42. The Balaban J connectivity index is 6.00. The predicted molar refractivity (Wildman–Crippen MR) is 75.8 cm³/mol. The molecule has 1 unspecified atom stereocenters. The molecule has 1 atom stereocenters. The van der Waals surface area contributed by atoms with Gasteiger partial charge in [0.2, 0.25) is 5.83 Å². The number of alkyl halides is 7. The second-order valence-corrected chi connectivity index (χ2v) is 6.87. The summed E-state index contributed by atoms with van der Waals surface area (Å²) in [5.74, 6) is -17.4. The zero-order valence-corrected chi connectivity index (χ0v) is 15.2. The molecule has 170 valence electrons. The molecule has 17 heteroatoms. The predicted octanol–water partition coefficient (Wildman–Crippen LogP) is 1.88. The van der Waals surface area contributed by atoms with Gasteiger partial charge >= 0.3 is 45.1 Å². The van der Waals surface area contributed by atoms with Crippen LogP contribution >= 0.6 is 0 Å². The number of likely N-dealkylation sites (N-methyl/N-ethyl adjacent to an activating group) is 1. The van der Waals surface area contributed by atoms with E-state index in [1.54, 1.807) is 0 Å². The van der Waals surface area contributed by atoms with Crippen LogP contribution < -0.4 is 0 Å². The van der Waals surface area contributed by atoms with E-state index in [1.807, 2.05) is 0 Å². The van der Waals surface area contributed by atoms with Crippen molar-refractivity contribution in [3.8, 4) is 0 Å². The zero-order valence-electron chi connectivity index (χ0n) is 14.4. The minimum absolute atomic E-state index is 0.0900. The van der Waals surface area contributed by atoms with Gasteiger partial charge in [0.1, 0.15) is 0 Å². The third-order valence-electron chi connectivity index (χ3n) is 2.99. The van der Waals surface area contributed by atoms with Crippen LogP contribution in [0.25, 0.3) is 0 Å². The van der Waals surface area contributed by atoms with Gasteiger partial charge in [-0.25, -0.2) is 4.79 Å². The van der Waals surface area contributed by atoms with Crippen molar-refractivity contribution in [1.29, 1.82) is 0 Å². The first kappa shape index (κ1) is 27.0. The molecule has 0 aliphatic rings. The molecule has 0 aliphatic carbocycles. The number of ether oxygens (including phenoxy) is 2. The fraction of sp³-hybridized carbons (Fsp3) is 0.667. The van der Waals surface area contributed by atoms with Crippen molar-refractivity contribution in [2.75, 3.05) is 20.7 Å². The highest BCUT2D eigenvalue weighted by molar-refractivity contribution is 7.87. The molecule has 0 spiro atoms. The maximum Gasteiger partial charge on any atom is 0.466 e. The van der Waals surface area contributed by atoms with Crippen molar-refractivity contribution in [3.05, 3.63) is 12.4 Å². The molecule has 0 rings (SSSR count). The van der Waals surface area contributed by atoms with Crippen molar-refractivity contribution < 1.29 is 67.2 Å². The highest BCUT2D eigenvalue weighted by Gasteiger charge is 2.69. The Bertz CT molecular complexity index is 765. The van der Waals surface area contributed by atoms with Gasteiger partial charge in [-0.2, -0.15) is 43.5 Å². The number of hydrogen-bond donors (Lipinski definition) is 1. The Kier molecular flexibility index (Phi) is 7.81. The minimum Gasteiger partial charge on any atom is -0.410 e. The number of nitrogens with zero attached hydrogens (tertiary/aromatic N) is 1. The van der Waals surface area contributed by atoms with Gasteiger partial charge in [0.15, 0.2) is 0 Å². The van der Waals surface area contributed by atoms with Crippen molar-refractivity contribution in [2.24, 2.45) is 0 Å². The van der Waals surface area contributed by atoms with Crippen molar-refractivity contribution in [1.82, 2.24) is 4.90 Å². The van der Waals surface area contributed by atoms with Gasteiger partial charge in [-0.15, -0.1) is 0 Å². The van der Waals surface area contributed by atoms with Crippen LogP contribution in [0.2, 0.25) is 0 Å². The zero-order chi connectivity index (χ0) is 23.6. The van der Waals surface area contributed by atoms with Gasteiger partial charge in [-0.1, -0.05) is 6.58 Å². The van der Waals surface area contributed by atoms with Gasteiger partial charge in [-0.05, 0) is 0 Å². The van der Waals surface area contributed by atoms with Crippen LogP contribution in [0.5, 0.6) is 0 Å². The van der Waals surface area contributed by atoms with Gasteiger partial charge < -0.3 is 14.4 Å². The summed E-state index contributed by atoms with van der Waals surface area (Å²) in [5, 5.41) is -6.14. The Morgan fingerprint density at radius 2 is 1.52 bits per heavy atom. The molecule has 0 bridgehead atoms. The summed E-state index contributed by atoms with van der Waals surface area (Å²) in [6.07, 6.45) is -8.55. The minimum atomic E-state index is -6.70. The molecule has 0 saturated carbocycles. The van der Waals surface area contributed by atoms with Crippen molar-refractivity contribution in [2.45, 2.75) is 29.6 Å². The molecule has 8 nitrogen and oxygen atoms in total. The number of hydrogen-bond acceptors (Lipinski definition) is 6. The Morgan fingerprint density at radius 1 is 1.07 bits per heavy atom. The molecule has 0 heterocycles. The number of carbonyl (C=O) groups excluding carboxylic acids is 2. The second-order valence-electron chi connectivity index (χ2n) is 5.40. The standard InChI is InChI=1S/C12H13F8NO7S/c1-6(13)7(22)28-10(11(16,17)18,8(23)21(2)3)27-5-4-9(14,15)12(19,20)29(24,25)26/h1,4-5H2,2-3H3,(H,24,25,26). The van der Waals surface area contributed by atoms with Crippen molar-refractivity contribution >= 4 is 22.0 Å². The lowest BCUT2D eigenvalue weighted by molar-refractivity contribution is -0.352. The van der Waals surface area contributed by atoms with Crippen LogP contribution in [0.15, 0.2) is 12.4 Å². The molecule has 1 N–H and O–H groups in total. The Labute approximate surface area is 157 Å². The third-order valence-corrected chi connectivity index (χ3v) is 3.94. The summed E-state index contributed by atoms with van der Waals surface area (Å²) in [6.45, 7) is 0.138. The SMILES string of the molecule is C=C(F)C(=O)OC(OCCC(F)(F)C(F)(F)S(=O)(=O)O)(C(=O)N(C)C)C(F)(F)F. The van der Waals surface area contributed by atoms with Crippen molar-refractivity contribution in [3.63, 3.8) is 0 Å². The summed E-state index contributed by atoms with van der Waals surface area (Å²) >= 11 is 0. The van der Waals surface area contributed by atoms with Crippen LogP contribution in [-0.4, -0.2) is 73.6 Å². The molecule has 0 fully saturated rings. The molecule has 1 amide bonds. The van der Waals surface area contributed by atoms with E-state index in [0.29, 0.717) is 14.1 Å². The Morgan fingerprint density at radius 3 is 1.83 bits per heavy atom. The van der Waals surface area contributed by atoms with E-state index in [1.165, 1.54) is 0 Å². The van der Waals surface area contributed by atoms with E-state index < -0.39 is 64.0 Å². The lowest BCUT2D eigenvalue weighted by Gasteiger charge is -2.35. The largest absolute Gasteiger partial charge is 0.466 e. The molecule has 0 aromatic heterocycles. The summed E-state index contributed by atoms with van der Waals surface area (Å²) in [7, 11) is -5.38. The maximum absolute atomic E-state index is 13.4. The number of carbonyl (C=O) groups is 2. The van der Waals surface area contributed by atoms with E-state index in [-0.39, 0.29) is 4.90 Å². The number of halogens is 8. The second kappa shape index (κ2) is 8.39. The van der Waals surface area contributed by atoms with E-state index >= 15 is 0 Å². The number of rotatable bonds is 9. The lowest BCUT2D eigenvalue weighted by Crippen LogP contribution is -2.61. The van der Waals surface area contributed by atoms with Crippen LogP contribution in [0, 0.1) is 0 Å². The first-order valence-electron chi connectivity index (χ1n) is 6.87. The van der Waals surface area contributed by atoms with Gasteiger partial charge in [0.05, 0.1) is 6.61 Å². The fourth-order valence-electron chi connectivity index (χ4n) is 1.53. The van der Waals surface area contributed by atoms with Crippen LogP contribution in [0.1, 0.15) is 6.42 Å². The highest BCUT2D eigenvalue weighted by atomic mass is 32.2. The van der Waals surface area contributed by atoms with E-state index in [9.17, 15) is 53.1 Å². The van der Waals surface area contributed by atoms with Gasteiger partial charge in [-0.3, -0.25) is 9.35 Å². The molecule has 0 radical (unpaired) electrons. The fourth-order valence-corrected chi connectivity index (χ4v) is 2.01. The summed E-state index contributed by atoms with van der Waals surface area (Å²) < 4.78 is 142. The summed E-state index contributed by atoms with van der Waals surface area (Å²) in [4.78, 5) is 23.1. The van der Waals surface area contributed by atoms with Crippen LogP contribution in [0.4, 0.5) is 35.1 Å². The molecule has 0 aliphatic heterocycles. The average molecular weight is 467 g/mol. The molecule has 0 aromatic rings. The third kappa shape index (κ3) is 5.53. The quantitative estimate of drug-likeness (QED) is 0.181. The first-order valence-corrected chi connectivity index (χ1v) is 8.31. The average Bonchev–Trinajstić information content (AvgIpc) is 2.50. The molecule has 0 aromatic carbocycles. The maximum atomic E-state index is 13.4. The number of amides is 1.